The molecule has 0 aliphatic heterocycles. The first-order chi connectivity index (χ1) is 8.96. The Kier molecular flexibility index (Phi) is 5.79. The van der Waals surface area contributed by atoms with Gasteiger partial charge in [-0.05, 0) is 26.0 Å². The van der Waals surface area contributed by atoms with E-state index >= 15 is 0 Å². The molecule has 1 rings (SSSR count). The van der Waals surface area contributed by atoms with Crippen LogP contribution in [0.4, 0.5) is 5.69 Å². The van der Waals surface area contributed by atoms with Crippen molar-refractivity contribution in [3.8, 4) is 5.75 Å². The molecule has 0 radical (unpaired) electrons. The van der Waals surface area contributed by atoms with Crippen LogP contribution in [0.5, 0.6) is 5.75 Å². The summed E-state index contributed by atoms with van der Waals surface area (Å²) in [5.74, 6) is 0.617. The van der Waals surface area contributed by atoms with Crippen LogP contribution in [-0.2, 0) is 9.53 Å². The van der Waals surface area contributed by atoms with E-state index in [0.717, 1.165) is 5.69 Å². The second-order valence-corrected chi connectivity index (χ2v) is 4.85. The van der Waals surface area contributed by atoms with Crippen molar-refractivity contribution >= 4 is 11.6 Å². The number of rotatable bonds is 7. The Bertz CT molecular complexity index is 419. The van der Waals surface area contributed by atoms with Crippen LogP contribution in [-0.4, -0.2) is 38.8 Å². The largest absolute Gasteiger partial charge is 0.497 e. The lowest BCUT2D eigenvalue weighted by Crippen LogP contribution is -2.40. The van der Waals surface area contributed by atoms with Gasteiger partial charge in [0.1, 0.15) is 5.75 Å². The van der Waals surface area contributed by atoms with Gasteiger partial charge in [0.15, 0.2) is 0 Å². The summed E-state index contributed by atoms with van der Waals surface area (Å²) in [6.45, 7) is 4.76. The minimum absolute atomic E-state index is 0.0971. The monoisotopic (exact) mass is 266 g/mol. The van der Waals surface area contributed by atoms with Gasteiger partial charge in [-0.3, -0.25) is 4.79 Å². The molecular formula is C14H22N2O3. The van der Waals surface area contributed by atoms with Crippen LogP contribution < -0.4 is 15.4 Å². The van der Waals surface area contributed by atoms with Gasteiger partial charge in [-0.15, -0.1) is 0 Å². The van der Waals surface area contributed by atoms with Gasteiger partial charge in [-0.2, -0.15) is 0 Å². The van der Waals surface area contributed by atoms with E-state index in [1.165, 1.54) is 0 Å². The number of carbonyl (C=O) groups is 1. The molecule has 5 heteroatoms. The number of anilines is 1. The molecule has 1 aromatic carbocycles. The van der Waals surface area contributed by atoms with E-state index in [9.17, 15) is 4.79 Å². The first-order valence-electron chi connectivity index (χ1n) is 6.16. The Morgan fingerprint density at radius 1 is 1.32 bits per heavy atom. The number of methoxy groups -OCH3 is 2. The molecule has 0 heterocycles. The molecule has 0 aromatic heterocycles. The Balaban J connectivity index is 2.39. The van der Waals surface area contributed by atoms with Gasteiger partial charge in [-0.25, -0.2) is 0 Å². The summed E-state index contributed by atoms with van der Waals surface area (Å²) in [7, 11) is 3.24. The van der Waals surface area contributed by atoms with Crippen molar-refractivity contribution in [1.82, 2.24) is 5.32 Å². The van der Waals surface area contributed by atoms with E-state index in [1.54, 1.807) is 20.3 Å². The predicted octanol–water partition coefficient (Wildman–Crippen LogP) is 1.65. The number of hydrogen-bond donors (Lipinski definition) is 2. The highest BCUT2D eigenvalue weighted by atomic mass is 16.5. The van der Waals surface area contributed by atoms with Crippen LogP contribution in [0, 0.1) is 0 Å². The number of hydrogen-bond acceptors (Lipinski definition) is 4. The highest BCUT2D eigenvalue weighted by Crippen LogP contribution is 2.16. The topological polar surface area (TPSA) is 59.6 Å². The first-order valence-corrected chi connectivity index (χ1v) is 6.16. The number of benzene rings is 1. The second-order valence-electron chi connectivity index (χ2n) is 4.85. The molecule has 0 aliphatic rings. The maximum Gasteiger partial charge on any atom is 0.238 e. The summed E-state index contributed by atoms with van der Waals surface area (Å²) in [5, 5.41) is 5.86. The van der Waals surface area contributed by atoms with Crippen LogP contribution in [0.25, 0.3) is 0 Å². The Hall–Kier alpha value is -1.59. The number of amides is 1. The van der Waals surface area contributed by atoms with Crippen molar-refractivity contribution in [1.29, 1.82) is 0 Å². The second kappa shape index (κ2) is 7.11. The van der Waals surface area contributed by atoms with Gasteiger partial charge >= 0.3 is 0 Å². The molecule has 0 atom stereocenters. The average Bonchev–Trinajstić information content (AvgIpc) is 2.38. The first kappa shape index (κ1) is 15.5. The maximum absolute atomic E-state index is 11.7. The number of carbonyl (C=O) groups excluding carboxylic acids is 1. The van der Waals surface area contributed by atoms with E-state index in [0.29, 0.717) is 12.3 Å². The lowest BCUT2D eigenvalue weighted by Gasteiger charge is -2.23. The van der Waals surface area contributed by atoms with E-state index in [4.69, 9.17) is 9.47 Å². The van der Waals surface area contributed by atoms with Gasteiger partial charge in [0.2, 0.25) is 5.91 Å². The normalized spacial score (nSPS) is 11.2. The third kappa shape index (κ3) is 5.72. The van der Waals surface area contributed by atoms with Crippen LogP contribution >= 0.6 is 0 Å². The zero-order valence-corrected chi connectivity index (χ0v) is 11.9. The number of nitrogens with one attached hydrogen (secondary N) is 2. The highest BCUT2D eigenvalue weighted by Gasteiger charge is 2.15. The van der Waals surface area contributed by atoms with Crippen LogP contribution in [0.15, 0.2) is 24.3 Å². The summed E-state index contributed by atoms with van der Waals surface area (Å²) in [6.07, 6.45) is 0. The summed E-state index contributed by atoms with van der Waals surface area (Å²) in [5.41, 5.74) is 0.438. The SMILES string of the molecule is COc1cccc(NC(=O)CNCC(C)(C)OC)c1. The molecule has 0 aliphatic carbocycles. The van der Waals surface area contributed by atoms with Crippen molar-refractivity contribution in [3.63, 3.8) is 0 Å². The maximum atomic E-state index is 11.7. The van der Waals surface area contributed by atoms with Gasteiger partial charge in [-0.1, -0.05) is 6.07 Å². The van der Waals surface area contributed by atoms with E-state index in [-0.39, 0.29) is 18.1 Å². The van der Waals surface area contributed by atoms with Gasteiger partial charge < -0.3 is 20.1 Å². The molecule has 0 fully saturated rings. The van der Waals surface area contributed by atoms with E-state index in [1.807, 2.05) is 32.0 Å². The summed E-state index contributed by atoms with van der Waals surface area (Å²) in [4.78, 5) is 11.7. The third-order valence-electron chi connectivity index (χ3n) is 2.74. The lowest BCUT2D eigenvalue weighted by molar-refractivity contribution is -0.115. The third-order valence-corrected chi connectivity index (χ3v) is 2.74. The quantitative estimate of drug-likeness (QED) is 0.788. The summed E-state index contributed by atoms with van der Waals surface area (Å²) in [6, 6.07) is 7.25. The van der Waals surface area contributed by atoms with Crippen molar-refractivity contribution in [3.05, 3.63) is 24.3 Å². The molecule has 1 amide bonds. The zero-order valence-electron chi connectivity index (χ0n) is 11.9. The molecule has 5 nitrogen and oxygen atoms in total. The Morgan fingerprint density at radius 2 is 2.05 bits per heavy atom. The minimum Gasteiger partial charge on any atom is -0.497 e. The van der Waals surface area contributed by atoms with Gasteiger partial charge in [0.05, 0.1) is 19.3 Å². The smallest absolute Gasteiger partial charge is 0.238 e. The van der Waals surface area contributed by atoms with Crippen LogP contribution in [0.2, 0.25) is 0 Å². The standard InChI is InChI=1S/C14H22N2O3/c1-14(2,19-4)10-15-9-13(17)16-11-6-5-7-12(8-11)18-3/h5-8,15H,9-10H2,1-4H3,(H,16,17). The lowest BCUT2D eigenvalue weighted by atomic mass is 10.1. The van der Waals surface area contributed by atoms with E-state index < -0.39 is 0 Å². The minimum atomic E-state index is -0.282. The molecule has 1 aromatic rings. The molecule has 0 saturated carbocycles. The molecule has 0 unspecified atom stereocenters. The van der Waals surface area contributed by atoms with Gasteiger partial charge in [0, 0.05) is 25.4 Å². The van der Waals surface area contributed by atoms with Crippen molar-refractivity contribution < 1.29 is 14.3 Å². The van der Waals surface area contributed by atoms with Gasteiger partial charge in [0.25, 0.3) is 0 Å². The number of ether oxygens (including phenoxy) is 2. The molecule has 106 valence electrons. The highest BCUT2D eigenvalue weighted by molar-refractivity contribution is 5.92. The van der Waals surface area contributed by atoms with Crippen LogP contribution in [0.3, 0.4) is 0 Å². The van der Waals surface area contributed by atoms with Crippen molar-refractivity contribution in [2.24, 2.45) is 0 Å². The summed E-state index contributed by atoms with van der Waals surface area (Å²) < 4.78 is 10.4. The molecule has 2 N–H and O–H groups in total. The predicted molar refractivity (Wildman–Crippen MR) is 75.6 cm³/mol. The van der Waals surface area contributed by atoms with Crippen LogP contribution in [0.1, 0.15) is 13.8 Å². The zero-order chi connectivity index (χ0) is 14.3. The Morgan fingerprint density at radius 3 is 2.68 bits per heavy atom. The fourth-order valence-corrected chi connectivity index (χ4v) is 1.46. The molecule has 0 bridgehead atoms. The molecule has 19 heavy (non-hydrogen) atoms. The van der Waals surface area contributed by atoms with Crippen molar-refractivity contribution in [2.75, 3.05) is 32.6 Å². The Labute approximate surface area is 114 Å². The average molecular weight is 266 g/mol. The van der Waals surface area contributed by atoms with E-state index in [2.05, 4.69) is 10.6 Å². The molecule has 0 spiro atoms. The van der Waals surface area contributed by atoms with Crippen molar-refractivity contribution in [2.45, 2.75) is 19.4 Å². The fraction of sp³-hybridized carbons (Fsp3) is 0.500. The molecular weight excluding hydrogens is 244 g/mol. The molecule has 0 saturated heterocycles. The fourth-order valence-electron chi connectivity index (χ4n) is 1.46. The summed E-state index contributed by atoms with van der Waals surface area (Å²) >= 11 is 0.